The first-order valence-corrected chi connectivity index (χ1v) is 16.7. The topological polar surface area (TPSA) is 34.1 Å². The van der Waals surface area contributed by atoms with E-state index in [1.807, 2.05) is 0 Å². The minimum Gasteiger partial charge on any atom is -0.218 e. The van der Waals surface area contributed by atoms with Crippen molar-refractivity contribution in [1.82, 2.24) is 0 Å². The number of benzene rings is 2. The Kier molecular flexibility index (Phi) is 6.23. The maximum absolute atomic E-state index is 14.4. The Hall–Kier alpha value is -0.750. The molecule has 2 nitrogen and oxygen atoms in total. The van der Waals surface area contributed by atoms with Gasteiger partial charge in [0.1, 0.15) is 0 Å². The first-order valence-electron chi connectivity index (χ1n) is 10.7. The second kappa shape index (κ2) is 8.41. The van der Waals surface area contributed by atoms with Crippen LogP contribution < -0.4 is 10.6 Å². The van der Waals surface area contributed by atoms with E-state index < -0.39 is 25.7 Å². The second-order valence-electron chi connectivity index (χ2n) is 8.81. The van der Waals surface area contributed by atoms with Crippen LogP contribution in [0.2, 0.25) is 0 Å². The Morgan fingerprint density at radius 1 is 0.621 bits per heavy atom. The molecule has 0 atom stereocenters. The van der Waals surface area contributed by atoms with E-state index in [-0.39, 0.29) is 0 Å². The lowest BCUT2D eigenvalue weighted by atomic mass is 9.91. The lowest BCUT2D eigenvalue weighted by Gasteiger charge is -2.28. The maximum Gasteiger partial charge on any atom is 0.208 e. The fourth-order valence-corrected chi connectivity index (χ4v) is 10.6. The summed E-state index contributed by atoms with van der Waals surface area (Å²) in [6, 6.07) is 8.66. The van der Waals surface area contributed by atoms with Crippen LogP contribution in [0.3, 0.4) is 0 Å². The molecule has 2 aromatic rings. The summed E-state index contributed by atoms with van der Waals surface area (Å²) in [5, 5.41) is 2.13. The molecule has 0 unspecified atom stereocenters. The van der Waals surface area contributed by atoms with Gasteiger partial charge < -0.3 is 0 Å². The molecule has 2 aromatic carbocycles. The van der Waals surface area contributed by atoms with Gasteiger partial charge in [-0.1, -0.05) is 40.1 Å². The van der Waals surface area contributed by atoms with E-state index in [0.717, 1.165) is 60.3 Å². The smallest absolute Gasteiger partial charge is 0.208 e. The van der Waals surface area contributed by atoms with Gasteiger partial charge >= 0.3 is 0 Å². The van der Waals surface area contributed by atoms with Gasteiger partial charge in [0, 0.05) is 0 Å². The molecule has 0 saturated carbocycles. The van der Waals surface area contributed by atoms with Crippen LogP contribution in [0, 0.1) is 0 Å². The van der Waals surface area contributed by atoms with Crippen LogP contribution in [0.15, 0.2) is 34.1 Å². The number of rotatable bonds is 4. The van der Waals surface area contributed by atoms with Crippen LogP contribution in [0.5, 0.6) is 0 Å². The molecule has 156 valence electrons. The van der Waals surface area contributed by atoms with Gasteiger partial charge in [0.2, 0.25) is 9.84 Å². The molecule has 2 aliphatic carbocycles. The van der Waals surface area contributed by atoms with E-state index in [1.165, 1.54) is 24.0 Å². The Balaban J connectivity index is 2.05. The van der Waals surface area contributed by atoms with Gasteiger partial charge in [0.15, 0.2) is 0 Å². The average Bonchev–Trinajstić information content (AvgIpc) is 2.71. The summed E-state index contributed by atoms with van der Waals surface area (Å²) < 4.78 is 28.9. The lowest BCUT2D eigenvalue weighted by Crippen LogP contribution is -2.26. The first-order chi connectivity index (χ1) is 13.8. The predicted molar refractivity (Wildman–Crippen MR) is 128 cm³/mol. The summed E-state index contributed by atoms with van der Waals surface area (Å²) in [4.78, 5) is 1.37. The van der Waals surface area contributed by atoms with Crippen molar-refractivity contribution in [3.05, 3.63) is 46.5 Å². The van der Waals surface area contributed by atoms with Gasteiger partial charge in [-0.2, -0.15) is 0 Å². The Bertz CT molecular complexity index is 962. The Morgan fingerprint density at radius 2 is 1.00 bits per heavy atom. The SMILES string of the molecule is CP(C)c1ccc2c(c1S(=O)(=O)c1c(P(C)C)ccc3c1CCCC3)CCCC2. The molecule has 0 fully saturated rings. The van der Waals surface area contributed by atoms with Gasteiger partial charge in [0.25, 0.3) is 0 Å². The number of fused-ring (bicyclic) bond motifs is 2. The fourth-order valence-electron chi connectivity index (χ4n) is 4.97. The largest absolute Gasteiger partial charge is 0.218 e. The van der Waals surface area contributed by atoms with E-state index in [0.29, 0.717) is 9.79 Å². The van der Waals surface area contributed by atoms with Crippen LogP contribution >= 0.6 is 15.8 Å². The zero-order valence-corrected chi connectivity index (χ0v) is 20.7. The summed E-state index contributed by atoms with van der Waals surface area (Å²) >= 11 is 0. The van der Waals surface area contributed by atoms with Crippen LogP contribution in [0.1, 0.15) is 47.9 Å². The van der Waals surface area contributed by atoms with Crippen molar-refractivity contribution >= 4 is 36.3 Å². The van der Waals surface area contributed by atoms with Gasteiger partial charge in [0.05, 0.1) is 9.79 Å². The molecule has 0 bridgehead atoms. The van der Waals surface area contributed by atoms with Crippen molar-refractivity contribution in [2.24, 2.45) is 0 Å². The van der Waals surface area contributed by atoms with E-state index in [4.69, 9.17) is 0 Å². The van der Waals surface area contributed by atoms with Crippen LogP contribution in [-0.2, 0) is 35.5 Å². The minimum absolute atomic E-state index is 0.496. The maximum atomic E-state index is 14.4. The highest BCUT2D eigenvalue weighted by atomic mass is 32.2. The molecule has 0 aliphatic heterocycles. The standard InChI is InChI=1S/C24H32O2P2S/c1-27(2)21-15-13-17-9-5-7-11-19(17)23(21)29(25,26)24-20-12-8-6-10-18(20)14-16-22(24)28(3)4/h13-16H,5-12H2,1-4H3. The number of hydrogen-bond donors (Lipinski definition) is 0. The van der Waals surface area contributed by atoms with Crippen molar-refractivity contribution in [1.29, 1.82) is 0 Å². The van der Waals surface area contributed by atoms with Gasteiger partial charge in [-0.05, 0) is 111 Å². The third-order valence-electron chi connectivity index (χ3n) is 6.42. The van der Waals surface area contributed by atoms with Crippen molar-refractivity contribution in [3.63, 3.8) is 0 Å². The molecule has 0 radical (unpaired) electrons. The van der Waals surface area contributed by atoms with Crippen LogP contribution in [-0.4, -0.2) is 35.1 Å². The number of aryl methyl sites for hydroxylation is 2. The van der Waals surface area contributed by atoms with Crippen LogP contribution in [0.25, 0.3) is 0 Å². The molecule has 0 N–H and O–H groups in total. The van der Waals surface area contributed by atoms with Crippen molar-refractivity contribution in [2.45, 2.75) is 61.2 Å². The zero-order valence-electron chi connectivity index (χ0n) is 18.1. The third-order valence-corrected chi connectivity index (χ3v) is 11.4. The molecule has 0 amide bonds. The van der Waals surface area contributed by atoms with E-state index in [1.54, 1.807) is 0 Å². The monoisotopic (exact) mass is 446 g/mol. The van der Waals surface area contributed by atoms with Crippen molar-refractivity contribution < 1.29 is 8.42 Å². The first kappa shape index (κ1) is 21.5. The minimum atomic E-state index is -3.54. The molecule has 0 saturated heterocycles. The lowest BCUT2D eigenvalue weighted by molar-refractivity contribution is 0.589. The Labute approximate surface area is 178 Å². The molecular weight excluding hydrogens is 414 g/mol. The predicted octanol–water partition coefficient (Wildman–Crippen LogP) is 5.01. The molecule has 0 heterocycles. The van der Waals surface area contributed by atoms with Crippen molar-refractivity contribution in [3.8, 4) is 0 Å². The summed E-state index contributed by atoms with van der Waals surface area (Å²) in [5.41, 5.74) is 4.77. The van der Waals surface area contributed by atoms with E-state index in [9.17, 15) is 8.42 Å². The number of hydrogen-bond acceptors (Lipinski definition) is 2. The third kappa shape index (κ3) is 3.84. The Morgan fingerprint density at radius 3 is 1.38 bits per heavy atom. The molecule has 0 spiro atoms. The van der Waals surface area contributed by atoms with E-state index >= 15 is 0 Å². The van der Waals surface area contributed by atoms with E-state index in [2.05, 4.69) is 50.9 Å². The number of sulfone groups is 1. The van der Waals surface area contributed by atoms with Gasteiger partial charge in [-0.15, -0.1) is 0 Å². The molecular formula is C24H32O2P2S. The normalized spacial score (nSPS) is 16.8. The highest BCUT2D eigenvalue weighted by molar-refractivity contribution is 7.93. The van der Waals surface area contributed by atoms with Gasteiger partial charge in [-0.25, -0.2) is 8.42 Å². The summed E-state index contributed by atoms with van der Waals surface area (Å²) in [7, 11) is -4.53. The molecule has 0 aromatic heterocycles. The zero-order chi connectivity index (χ0) is 20.8. The second-order valence-corrected chi connectivity index (χ2v) is 15.2. The average molecular weight is 447 g/mol. The summed E-state index contributed by atoms with van der Waals surface area (Å²) in [6.07, 6.45) is 8.35. The summed E-state index contributed by atoms with van der Waals surface area (Å²) in [5.74, 6) is 0. The quantitative estimate of drug-likeness (QED) is 0.619. The molecule has 5 heteroatoms. The summed E-state index contributed by atoms with van der Waals surface area (Å²) in [6.45, 7) is 8.75. The molecule has 4 rings (SSSR count). The molecule has 2 aliphatic rings. The molecule has 29 heavy (non-hydrogen) atoms. The van der Waals surface area contributed by atoms with Crippen LogP contribution in [0.4, 0.5) is 0 Å². The highest BCUT2D eigenvalue weighted by Crippen LogP contribution is 2.41. The van der Waals surface area contributed by atoms with Crippen molar-refractivity contribution in [2.75, 3.05) is 26.7 Å². The fraction of sp³-hybridized carbons (Fsp3) is 0.500. The highest BCUT2D eigenvalue weighted by Gasteiger charge is 2.34. The van der Waals surface area contributed by atoms with Gasteiger partial charge in [-0.3, -0.25) is 0 Å².